The highest BCUT2D eigenvalue weighted by atomic mass is 15.2. The van der Waals surface area contributed by atoms with Gasteiger partial charge >= 0.3 is 0 Å². The monoisotopic (exact) mass is 833 g/mol. The number of nitrogens with one attached hydrogen (secondary N) is 1. The van der Waals surface area contributed by atoms with E-state index in [0.29, 0.717) is 0 Å². The quantitative estimate of drug-likeness (QED) is 0.149. The summed E-state index contributed by atoms with van der Waals surface area (Å²) in [5.41, 5.74) is 26.6. The van der Waals surface area contributed by atoms with E-state index < -0.39 is 11.6 Å². The van der Waals surface area contributed by atoms with Crippen molar-refractivity contribution in [2.45, 2.75) is 11.6 Å². The van der Waals surface area contributed by atoms with Gasteiger partial charge in [0.15, 0.2) is 0 Å². The van der Waals surface area contributed by atoms with E-state index >= 15 is 0 Å². The Labute approximate surface area is 379 Å². The Hall–Kier alpha value is -8.38. The number of nitrogens with two attached hydrogens (primary N) is 1. The third-order valence-electron chi connectivity index (χ3n) is 13.2. The Balaban J connectivity index is 0.891. The predicted molar refractivity (Wildman–Crippen MR) is 266 cm³/mol. The summed E-state index contributed by atoms with van der Waals surface area (Å²) >= 11 is 0. The van der Waals surface area contributed by atoms with Gasteiger partial charge in [-0.25, -0.2) is 4.98 Å². The summed E-state index contributed by atoms with van der Waals surface area (Å²) in [6, 6.07) is 80.0. The second-order valence-electron chi connectivity index (χ2n) is 16.8. The number of aromatic nitrogens is 2. The summed E-state index contributed by atoms with van der Waals surface area (Å²) in [5.74, 6) is 0.740. The van der Waals surface area contributed by atoms with Crippen molar-refractivity contribution in [1.29, 1.82) is 0 Å². The van der Waals surface area contributed by atoms with Crippen LogP contribution in [0.15, 0.2) is 237 Å². The molecule has 1 spiro atoms. The van der Waals surface area contributed by atoms with E-state index in [-0.39, 0.29) is 0 Å². The zero-order chi connectivity index (χ0) is 43.3. The molecule has 0 bridgehead atoms. The van der Waals surface area contributed by atoms with Gasteiger partial charge < -0.3 is 16.0 Å². The van der Waals surface area contributed by atoms with E-state index in [4.69, 9.17) is 15.7 Å². The van der Waals surface area contributed by atoms with Gasteiger partial charge in [0.2, 0.25) is 0 Å². The van der Waals surface area contributed by atoms with Gasteiger partial charge in [-0.3, -0.25) is 4.98 Å². The Morgan fingerprint density at radius 1 is 0.415 bits per heavy atom. The summed E-state index contributed by atoms with van der Waals surface area (Å²) in [7, 11) is 0. The van der Waals surface area contributed by atoms with Crippen molar-refractivity contribution in [2.24, 2.45) is 5.73 Å². The molecule has 2 aromatic heterocycles. The molecule has 0 fully saturated rings. The third kappa shape index (κ3) is 6.36. The van der Waals surface area contributed by atoms with Crippen LogP contribution in [-0.2, 0) is 5.41 Å². The molecule has 5 heteroatoms. The highest BCUT2D eigenvalue weighted by Crippen LogP contribution is 2.63. The normalized spacial score (nSPS) is 13.3. The minimum Gasteiger partial charge on any atom is -0.350 e. The van der Waals surface area contributed by atoms with Crippen LogP contribution in [0, 0.1) is 0 Å². The summed E-state index contributed by atoms with van der Waals surface area (Å²) in [6.07, 6.45) is 3.39. The first-order valence-corrected chi connectivity index (χ1v) is 22.1. The van der Waals surface area contributed by atoms with Crippen LogP contribution in [0.5, 0.6) is 0 Å². The van der Waals surface area contributed by atoms with Gasteiger partial charge in [-0.05, 0) is 110 Å². The van der Waals surface area contributed by atoms with Crippen LogP contribution in [0.4, 0.5) is 22.9 Å². The van der Waals surface area contributed by atoms with Crippen molar-refractivity contribution in [2.75, 3.05) is 10.2 Å². The number of fused-ring (bicyclic) bond motifs is 9. The largest absolute Gasteiger partial charge is 0.350 e. The molecule has 3 N–H and O–H groups in total. The molecule has 12 rings (SSSR count). The van der Waals surface area contributed by atoms with Crippen molar-refractivity contribution in [1.82, 2.24) is 9.97 Å². The highest BCUT2D eigenvalue weighted by molar-refractivity contribution is 5.96. The van der Waals surface area contributed by atoms with Crippen molar-refractivity contribution in [3.8, 4) is 55.6 Å². The fourth-order valence-electron chi connectivity index (χ4n) is 10.2. The number of nitrogens with zero attached hydrogens (tertiary/aromatic N) is 3. The van der Waals surface area contributed by atoms with Crippen LogP contribution in [0.25, 0.3) is 55.6 Å². The number of pyridine rings is 2. The predicted octanol–water partition coefficient (Wildman–Crippen LogP) is 14.4. The average molecular weight is 834 g/mol. The Morgan fingerprint density at radius 2 is 0.985 bits per heavy atom. The maximum atomic E-state index is 6.89. The fraction of sp³-hybridized carbons (Fsp3) is 0.0333. The minimum atomic E-state index is -0.623. The van der Waals surface area contributed by atoms with E-state index in [1.165, 1.54) is 27.8 Å². The molecule has 1 unspecified atom stereocenters. The average Bonchev–Trinajstić information content (AvgIpc) is 3.67. The molecule has 8 aromatic carbocycles. The number of benzene rings is 8. The zero-order valence-electron chi connectivity index (χ0n) is 35.5. The lowest BCUT2D eigenvalue weighted by Crippen LogP contribution is -2.36. The van der Waals surface area contributed by atoms with Gasteiger partial charge in [-0.2, -0.15) is 0 Å². The number of hydrogen-bond donors (Lipinski definition) is 2. The molecular formula is C60H43N5. The summed E-state index contributed by atoms with van der Waals surface area (Å²) in [6.45, 7) is 0. The van der Waals surface area contributed by atoms with Gasteiger partial charge in [0.25, 0.3) is 0 Å². The lowest BCUT2D eigenvalue weighted by molar-refractivity contribution is 0.725. The first-order valence-electron chi connectivity index (χ1n) is 22.1. The van der Waals surface area contributed by atoms with Crippen LogP contribution in [0.3, 0.4) is 0 Å². The van der Waals surface area contributed by atoms with E-state index in [1.54, 1.807) is 0 Å². The number of hydrogen-bond acceptors (Lipinski definition) is 5. The van der Waals surface area contributed by atoms with Crippen LogP contribution >= 0.6 is 0 Å². The Kier molecular flexibility index (Phi) is 9.29. The summed E-state index contributed by atoms with van der Waals surface area (Å²) in [4.78, 5) is 12.5. The first kappa shape index (κ1) is 38.3. The second kappa shape index (κ2) is 15.8. The SMILES string of the molecule is NC(Nc1ncc(-c2ccccc2)cc1-c1ccccc1)c1ccc(-c2cccc(-c3ccc4c(c3)C3(c5ccccc5N(c5ccccc5)c5ccccc53)c3ncccc3-4)c2)cc1. The third-order valence-corrected chi connectivity index (χ3v) is 13.2. The molecule has 1 atom stereocenters. The van der Waals surface area contributed by atoms with Crippen molar-refractivity contribution in [3.63, 3.8) is 0 Å². The Morgan fingerprint density at radius 3 is 1.69 bits per heavy atom. The van der Waals surface area contributed by atoms with Crippen LogP contribution < -0.4 is 16.0 Å². The van der Waals surface area contributed by atoms with Gasteiger partial charge in [-0.15, -0.1) is 0 Å². The van der Waals surface area contributed by atoms with Gasteiger partial charge in [-0.1, -0.05) is 176 Å². The maximum absolute atomic E-state index is 6.89. The lowest BCUT2D eigenvalue weighted by Gasteiger charge is -2.44. The molecule has 0 amide bonds. The molecule has 308 valence electrons. The molecule has 1 aliphatic carbocycles. The summed E-state index contributed by atoms with van der Waals surface area (Å²) in [5, 5.41) is 3.53. The molecule has 10 aromatic rings. The minimum absolute atomic E-state index is 0.472. The molecular weight excluding hydrogens is 791 g/mol. The molecule has 0 saturated heterocycles. The smallest absolute Gasteiger partial charge is 0.135 e. The summed E-state index contributed by atoms with van der Waals surface area (Å²) < 4.78 is 0. The lowest BCUT2D eigenvalue weighted by atomic mass is 9.66. The van der Waals surface area contributed by atoms with Crippen LogP contribution in [-0.4, -0.2) is 9.97 Å². The van der Waals surface area contributed by atoms with E-state index in [0.717, 1.165) is 78.6 Å². The molecule has 65 heavy (non-hydrogen) atoms. The zero-order valence-corrected chi connectivity index (χ0v) is 35.5. The number of rotatable bonds is 8. The van der Waals surface area contributed by atoms with Crippen molar-refractivity contribution < 1.29 is 0 Å². The Bertz CT molecular complexity index is 3320. The van der Waals surface area contributed by atoms with E-state index in [2.05, 4.69) is 198 Å². The standard InChI is InChI=1S/C60H43N5/c61-58(64-59-51(42-18-6-2-7-19-42)37-47(39-63-59)40-16-4-1-5-17-40)43-31-29-41(30-32-43)44-20-14-21-45(36-44)46-33-34-49-50-24-15-35-62-57(50)60(54(49)38-46)52-25-10-12-27-55(52)65(48-22-8-3-9-23-48)56-28-13-11-26-53(56)60/h1-39,58H,61H2,(H,63,64). The number of anilines is 4. The van der Waals surface area contributed by atoms with Crippen LogP contribution in [0.1, 0.15) is 34.1 Å². The second-order valence-corrected chi connectivity index (χ2v) is 16.8. The molecule has 0 radical (unpaired) electrons. The topological polar surface area (TPSA) is 67.1 Å². The molecule has 3 heterocycles. The van der Waals surface area contributed by atoms with Gasteiger partial charge in [0, 0.05) is 34.8 Å². The van der Waals surface area contributed by atoms with Gasteiger partial charge in [0.05, 0.1) is 22.5 Å². The molecule has 1 aliphatic heterocycles. The molecule has 0 saturated carbocycles. The first-order chi connectivity index (χ1) is 32.1. The van der Waals surface area contributed by atoms with E-state index in [1.807, 2.05) is 48.8 Å². The molecule has 5 nitrogen and oxygen atoms in total. The number of para-hydroxylation sites is 3. The van der Waals surface area contributed by atoms with Crippen molar-refractivity contribution >= 4 is 22.9 Å². The van der Waals surface area contributed by atoms with E-state index in [9.17, 15) is 0 Å². The highest BCUT2D eigenvalue weighted by Gasteiger charge is 2.53. The molecule has 2 aliphatic rings. The fourth-order valence-corrected chi connectivity index (χ4v) is 10.2. The maximum Gasteiger partial charge on any atom is 0.135 e. The van der Waals surface area contributed by atoms with Gasteiger partial charge in [0.1, 0.15) is 12.0 Å². The van der Waals surface area contributed by atoms with Crippen molar-refractivity contribution in [3.05, 3.63) is 265 Å². The van der Waals surface area contributed by atoms with Crippen LogP contribution in [0.2, 0.25) is 0 Å².